The predicted octanol–water partition coefficient (Wildman–Crippen LogP) is 2.18. The minimum Gasteiger partial charge on any atom is -0.497 e. The van der Waals surface area contributed by atoms with E-state index in [4.69, 9.17) is 15.2 Å². The number of esters is 1. The molecule has 2 aromatic carbocycles. The fourth-order valence-corrected chi connectivity index (χ4v) is 2.41. The zero-order valence-corrected chi connectivity index (χ0v) is 14.3. The summed E-state index contributed by atoms with van der Waals surface area (Å²) in [4.78, 5) is 24.7. The monoisotopic (exact) mass is 342 g/mol. The Kier molecular flexibility index (Phi) is 6.39. The zero-order chi connectivity index (χ0) is 18.2. The average molecular weight is 342 g/mol. The van der Waals surface area contributed by atoms with Crippen LogP contribution in [0.5, 0.6) is 5.75 Å². The largest absolute Gasteiger partial charge is 0.497 e. The van der Waals surface area contributed by atoms with Crippen LogP contribution in [0.1, 0.15) is 22.8 Å². The Labute approximate surface area is 146 Å². The maximum atomic E-state index is 12.5. The third-order valence-corrected chi connectivity index (χ3v) is 3.66. The van der Waals surface area contributed by atoms with Gasteiger partial charge >= 0.3 is 5.97 Å². The first-order chi connectivity index (χ1) is 12.0. The number of nitrogen functional groups attached to an aromatic ring is 1. The van der Waals surface area contributed by atoms with Crippen LogP contribution < -0.4 is 15.8 Å². The van der Waals surface area contributed by atoms with Crippen molar-refractivity contribution in [2.24, 2.45) is 0 Å². The molecule has 0 bridgehead atoms. The number of amides is 1. The summed E-state index contributed by atoms with van der Waals surface area (Å²) in [6, 6.07) is 13.2. The molecular weight excluding hydrogens is 320 g/mol. The summed E-state index contributed by atoms with van der Waals surface area (Å²) in [7, 11) is 1.57. The van der Waals surface area contributed by atoms with Crippen molar-refractivity contribution < 1.29 is 19.1 Å². The maximum absolute atomic E-state index is 12.5. The molecule has 0 radical (unpaired) electrons. The lowest BCUT2D eigenvalue weighted by Gasteiger charge is -2.18. The van der Waals surface area contributed by atoms with Crippen molar-refractivity contribution in [2.75, 3.05) is 19.5 Å². The number of para-hydroxylation sites is 1. The van der Waals surface area contributed by atoms with E-state index in [-0.39, 0.29) is 13.0 Å². The molecule has 0 aliphatic heterocycles. The third kappa shape index (κ3) is 4.97. The van der Waals surface area contributed by atoms with E-state index < -0.39 is 17.9 Å². The summed E-state index contributed by atoms with van der Waals surface area (Å²) >= 11 is 0. The fraction of sp³-hybridized carbons (Fsp3) is 0.263. The second kappa shape index (κ2) is 8.73. The van der Waals surface area contributed by atoms with Gasteiger partial charge < -0.3 is 20.5 Å². The molecule has 132 valence electrons. The van der Waals surface area contributed by atoms with Gasteiger partial charge in [0.2, 0.25) is 0 Å². The van der Waals surface area contributed by atoms with Gasteiger partial charge in [-0.15, -0.1) is 0 Å². The summed E-state index contributed by atoms with van der Waals surface area (Å²) in [6.07, 6.45) is 0.286. The summed E-state index contributed by atoms with van der Waals surface area (Å²) in [5, 5.41) is 2.71. The molecule has 6 heteroatoms. The van der Waals surface area contributed by atoms with E-state index in [9.17, 15) is 9.59 Å². The van der Waals surface area contributed by atoms with E-state index >= 15 is 0 Å². The van der Waals surface area contributed by atoms with Crippen LogP contribution in [0.2, 0.25) is 0 Å². The van der Waals surface area contributed by atoms with Crippen LogP contribution in [0.4, 0.5) is 5.69 Å². The number of ether oxygens (including phenoxy) is 2. The van der Waals surface area contributed by atoms with Crippen LogP contribution in [0.25, 0.3) is 0 Å². The molecule has 6 nitrogen and oxygen atoms in total. The first-order valence-corrected chi connectivity index (χ1v) is 8.00. The zero-order valence-electron chi connectivity index (χ0n) is 14.3. The first-order valence-electron chi connectivity index (χ1n) is 8.00. The second-order valence-electron chi connectivity index (χ2n) is 5.42. The summed E-state index contributed by atoms with van der Waals surface area (Å²) < 4.78 is 10.3. The highest BCUT2D eigenvalue weighted by Gasteiger charge is 2.24. The highest BCUT2D eigenvalue weighted by Crippen LogP contribution is 2.16. The first kappa shape index (κ1) is 18.3. The standard InChI is InChI=1S/C19H22N2O4/c1-3-25-19(23)17(12-13-7-6-8-14(11-13)24-2)21-18(22)15-9-4-5-10-16(15)20/h4-11,17H,3,12,20H2,1-2H3,(H,21,22). The van der Waals surface area contributed by atoms with Crippen molar-refractivity contribution in [3.63, 3.8) is 0 Å². The Morgan fingerprint density at radius 1 is 1.16 bits per heavy atom. The Hall–Kier alpha value is -3.02. The van der Waals surface area contributed by atoms with Gasteiger partial charge in [0.25, 0.3) is 5.91 Å². The van der Waals surface area contributed by atoms with Gasteiger partial charge in [-0.2, -0.15) is 0 Å². The number of carbonyl (C=O) groups excluding carboxylic acids is 2. The molecule has 3 N–H and O–H groups in total. The number of carbonyl (C=O) groups is 2. The van der Waals surface area contributed by atoms with Crippen molar-refractivity contribution in [3.8, 4) is 5.75 Å². The van der Waals surface area contributed by atoms with Crippen molar-refractivity contribution >= 4 is 17.6 Å². The molecule has 0 aliphatic rings. The minimum absolute atomic E-state index is 0.233. The highest BCUT2D eigenvalue weighted by molar-refractivity contribution is 6.00. The van der Waals surface area contributed by atoms with Gasteiger partial charge in [0.1, 0.15) is 11.8 Å². The molecule has 1 atom stereocenters. The highest BCUT2D eigenvalue weighted by atomic mass is 16.5. The molecule has 0 fully saturated rings. The summed E-state index contributed by atoms with van der Waals surface area (Å²) in [5.74, 6) is -0.231. The number of anilines is 1. The van der Waals surface area contributed by atoms with Gasteiger partial charge in [-0.05, 0) is 36.8 Å². The van der Waals surface area contributed by atoms with E-state index in [1.54, 1.807) is 38.3 Å². The van der Waals surface area contributed by atoms with Crippen LogP contribution in [0.3, 0.4) is 0 Å². The van der Waals surface area contributed by atoms with E-state index in [0.717, 1.165) is 5.56 Å². The SMILES string of the molecule is CCOC(=O)C(Cc1cccc(OC)c1)NC(=O)c1ccccc1N. The van der Waals surface area contributed by atoms with Crippen LogP contribution in [0.15, 0.2) is 48.5 Å². The summed E-state index contributed by atoms with van der Waals surface area (Å²) in [5.41, 5.74) is 7.35. The van der Waals surface area contributed by atoms with Crippen molar-refractivity contribution in [3.05, 3.63) is 59.7 Å². The van der Waals surface area contributed by atoms with Crippen LogP contribution in [-0.4, -0.2) is 31.6 Å². The summed E-state index contributed by atoms with van der Waals surface area (Å²) in [6.45, 7) is 1.95. The Morgan fingerprint density at radius 3 is 2.60 bits per heavy atom. The molecule has 0 heterocycles. The number of methoxy groups -OCH3 is 1. The van der Waals surface area contributed by atoms with Gasteiger partial charge in [0.15, 0.2) is 0 Å². The third-order valence-electron chi connectivity index (χ3n) is 3.66. The van der Waals surface area contributed by atoms with Crippen molar-refractivity contribution in [2.45, 2.75) is 19.4 Å². The van der Waals surface area contributed by atoms with Crippen LogP contribution in [0, 0.1) is 0 Å². The molecular formula is C19H22N2O4. The van der Waals surface area contributed by atoms with E-state index in [0.29, 0.717) is 17.0 Å². The molecule has 0 aromatic heterocycles. The number of hydrogen-bond donors (Lipinski definition) is 2. The molecule has 1 amide bonds. The maximum Gasteiger partial charge on any atom is 0.328 e. The molecule has 25 heavy (non-hydrogen) atoms. The van der Waals surface area contributed by atoms with Gasteiger partial charge in [-0.25, -0.2) is 4.79 Å². The lowest BCUT2D eigenvalue weighted by Crippen LogP contribution is -2.43. The number of benzene rings is 2. The molecule has 0 saturated carbocycles. The lowest BCUT2D eigenvalue weighted by atomic mass is 10.0. The van der Waals surface area contributed by atoms with Crippen LogP contribution >= 0.6 is 0 Å². The Bertz CT molecular complexity index is 746. The molecule has 2 rings (SSSR count). The molecule has 2 aromatic rings. The number of nitrogens with one attached hydrogen (secondary N) is 1. The predicted molar refractivity (Wildman–Crippen MR) is 95.4 cm³/mol. The number of hydrogen-bond acceptors (Lipinski definition) is 5. The molecule has 0 spiro atoms. The quantitative estimate of drug-likeness (QED) is 0.594. The molecule has 0 aliphatic carbocycles. The van der Waals surface area contributed by atoms with Crippen molar-refractivity contribution in [1.82, 2.24) is 5.32 Å². The number of nitrogens with two attached hydrogens (primary N) is 1. The topological polar surface area (TPSA) is 90.6 Å². The number of rotatable bonds is 7. The van der Waals surface area contributed by atoms with Crippen LogP contribution in [-0.2, 0) is 16.0 Å². The van der Waals surface area contributed by atoms with Gasteiger partial charge in [-0.3, -0.25) is 4.79 Å². The van der Waals surface area contributed by atoms with Gasteiger partial charge in [-0.1, -0.05) is 24.3 Å². The molecule has 1 unspecified atom stereocenters. The molecule has 0 saturated heterocycles. The van der Waals surface area contributed by atoms with Crippen molar-refractivity contribution in [1.29, 1.82) is 0 Å². The van der Waals surface area contributed by atoms with Gasteiger partial charge in [0, 0.05) is 12.1 Å². The van der Waals surface area contributed by atoms with E-state index in [2.05, 4.69) is 5.32 Å². The van der Waals surface area contributed by atoms with E-state index in [1.165, 1.54) is 0 Å². The Balaban J connectivity index is 2.19. The lowest BCUT2D eigenvalue weighted by molar-refractivity contribution is -0.145. The van der Waals surface area contributed by atoms with Gasteiger partial charge in [0.05, 0.1) is 19.3 Å². The minimum atomic E-state index is -0.820. The normalized spacial score (nSPS) is 11.4. The second-order valence-corrected chi connectivity index (χ2v) is 5.42. The van der Waals surface area contributed by atoms with E-state index in [1.807, 2.05) is 24.3 Å². The Morgan fingerprint density at radius 2 is 1.92 bits per heavy atom. The average Bonchev–Trinajstić information content (AvgIpc) is 2.61. The fourth-order valence-electron chi connectivity index (χ4n) is 2.41. The smallest absolute Gasteiger partial charge is 0.328 e.